The van der Waals surface area contributed by atoms with E-state index in [1.165, 1.54) is 30.3 Å². The number of benzene rings is 3. The minimum atomic E-state index is -4.60. The van der Waals surface area contributed by atoms with Crippen molar-refractivity contribution < 1.29 is 28.2 Å². The molecular weight excluding hydrogens is 419 g/mol. The fraction of sp³-hybridized carbons (Fsp3) is 0.240. The number of aromatic hydroxyl groups is 2. The second-order valence-corrected chi connectivity index (χ2v) is 8.01. The Balaban J connectivity index is 1.68. The molecule has 0 bridgehead atoms. The Hall–Kier alpha value is -3.48. The van der Waals surface area contributed by atoms with Crippen molar-refractivity contribution in [1.29, 1.82) is 0 Å². The summed E-state index contributed by atoms with van der Waals surface area (Å²) in [5.74, 6) is -1.10. The highest BCUT2D eigenvalue weighted by molar-refractivity contribution is 6.01. The number of phenolic OH excluding ortho intramolecular Hbond substituents is 2. The molecule has 32 heavy (non-hydrogen) atoms. The minimum absolute atomic E-state index is 0.0503. The molecule has 0 radical (unpaired) electrons. The van der Waals surface area contributed by atoms with Gasteiger partial charge in [-0.15, -0.1) is 0 Å². The highest BCUT2D eigenvalue weighted by Crippen LogP contribution is 2.50. The van der Waals surface area contributed by atoms with E-state index in [-0.39, 0.29) is 22.7 Å². The van der Waals surface area contributed by atoms with Gasteiger partial charge in [-0.3, -0.25) is 4.79 Å². The third-order valence-electron chi connectivity index (χ3n) is 5.98. The molecule has 3 aromatic carbocycles. The molecule has 3 aromatic rings. The zero-order valence-corrected chi connectivity index (χ0v) is 17.3. The fourth-order valence-corrected chi connectivity index (χ4v) is 4.03. The molecule has 1 fully saturated rings. The van der Waals surface area contributed by atoms with Crippen LogP contribution in [0.15, 0.2) is 60.7 Å². The molecule has 4 nitrogen and oxygen atoms in total. The van der Waals surface area contributed by atoms with E-state index in [0.717, 1.165) is 11.6 Å². The molecule has 0 unspecified atom stereocenters. The molecule has 3 N–H and O–H groups in total. The summed E-state index contributed by atoms with van der Waals surface area (Å²) in [4.78, 5) is 13.0. The van der Waals surface area contributed by atoms with Gasteiger partial charge < -0.3 is 15.5 Å². The van der Waals surface area contributed by atoms with E-state index in [1.807, 2.05) is 6.92 Å². The van der Waals surface area contributed by atoms with Gasteiger partial charge in [0.25, 0.3) is 0 Å². The highest BCUT2D eigenvalue weighted by atomic mass is 19.4. The first-order valence-corrected chi connectivity index (χ1v) is 10.3. The number of aryl methyl sites for hydroxylation is 1. The Morgan fingerprint density at radius 1 is 0.969 bits per heavy atom. The summed E-state index contributed by atoms with van der Waals surface area (Å²) in [6, 6.07) is 14.9. The van der Waals surface area contributed by atoms with Crippen LogP contribution in [0.4, 0.5) is 18.9 Å². The zero-order valence-electron chi connectivity index (χ0n) is 17.3. The number of phenols is 2. The Labute approximate surface area is 183 Å². The molecule has 1 aliphatic rings. The lowest BCUT2D eigenvalue weighted by Gasteiger charge is -2.19. The van der Waals surface area contributed by atoms with Crippen molar-refractivity contribution in [3.05, 3.63) is 77.4 Å². The third kappa shape index (κ3) is 3.90. The zero-order chi connectivity index (χ0) is 23.1. The number of halogens is 3. The van der Waals surface area contributed by atoms with Crippen molar-refractivity contribution in [2.24, 2.45) is 0 Å². The van der Waals surface area contributed by atoms with Crippen molar-refractivity contribution in [1.82, 2.24) is 0 Å². The number of nitrogens with one attached hydrogen (secondary N) is 1. The maximum atomic E-state index is 13.9. The van der Waals surface area contributed by atoms with Gasteiger partial charge in [0.05, 0.1) is 11.0 Å². The molecule has 0 aliphatic heterocycles. The smallest absolute Gasteiger partial charge is 0.417 e. The van der Waals surface area contributed by atoms with Crippen molar-refractivity contribution in [3.8, 4) is 22.6 Å². The van der Waals surface area contributed by atoms with Crippen LogP contribution in [-0.2, 0) is 22.8 Å². The number of amides is 1. The average molecular weight is 441 g/mol. The van der Waals surface area contributed by atoms with Crippen LogP contribution >= 0.6 is 0 Å². The molecule has 7 heteroatoms. The van der Waals surface area contributed by atoms with E-state index in [9.17, 15) is 28.2 Å². The van der Waals surface area contributed by atoms with Gasteiger partial charge in [0.1, 0.15) is 0 Å². The molecule has 0 saturated heterocycles. The predicted molar refractivity (Wildman–Crippen MR) is 116 cm³/mol. The molecule has 0 atom stereocenters. The normalized spacial score (nSPS) is 14.8. The van der Waals surface area contributed by atoms with Gasteiger partial charge in [0, 0.05) is 5.69 Å². The summed E-state index contributed by atoms with van der Waals surface area (Å²) in [5.41, 5.74) is 0.194. The summed E-state index contributed by atoms with van der Waals surface area (Å²) in [6.07, 6.45) is -3.01. The van der Waals surface area contributed by atoms with Crippen LogP contribution in [0.5, 0.6) is 11.5 Å². The number of hydrogen-bond donors (Lipinski definition) is 3. The van der Waals surface area contributed by atoms with Gasteiger partial charge in [0.15, 0.2) is 11.5 Å². The van der Waals surface area contributed by atoms with Crippen molar-refractivity contribution in [2.45, 2.75) is 37.8 Å². The number of rotatable bonds is 5. The van der Waals surface area contributed by atoms with Crippen LogP contribution in [0.1, 0.15) is 36.5 Å². The summed E-state index contributed by atoms with van der Waals surface area (Å²) in [5, 5.41) is 21.9. The van der Waals surface area contributed by atoms with Crippen LogP contribution in [-0.4, -0.2) is 16.1 Å². The summed E-state index contributed by atoms with van der Waals surface area (Å²) in [7, 11) is 0. The summed E-state index contributed by atoms with van der Waals surface area (Å²) < 4.78 is 41.7. The molecular formula is C25H22F3NO3. The second-order valence-electron chi connectivity index (χ2n) is 8.01. The molecule has 1 saturated carbocycles. The largest absolute Gasteiger partial charge is 0.504 e. The topological polar surface area (TPSA) is 69.6 Å². The van der Waals surface area contributed by atoms with Crippen LogP contribution < -0.4 is 5.32 Å². The minimum Gasteiger partial charge on any atom is -0.504 e. The Bertz CT molecular complexity index is 1180. The van der Waals surface area contributed by atoms with Crippen LogP contribution in [0, 0.1) is 0 Å². The van der Waals surface area contributed by atoms with Crippen molar-refractivity contribution in [2.75, 3.05) is 5.32 Å². The van der Waals surface area contributed by atoms with Gasteiger partial charge in [0.2, 0.25) is 5.91 Å². The maximum absolute atomic E-state index is 13.9. The molecule has 166 valence electrons. The van der Waals surface area contributed by atoms with Crippen LogP contribution in [0.25, 0.3) is 11.1 Å². The van der Waals surface area contributed by atoms with Gasteiger partial charge >= 0.3 is 6.18 Å². The first-order chi connectivity index (χ1) is 15.2. The number of alkyl halides is 3. The lowest BCUT2D eigenvalue weighted by molar-refractivity contribution is -0.137. The Kier molecular flexibility index (Phi) is 5.36. The average Bonchev–Trinajstić information content (AvgIpc) is 3.57. The van der Waals surface area contributed by atoms with Crippen LogP contribution in [0.2, 0.25) is 0 Å². The molecule has 1 aliphatic carbocycles. The van der Waals surface area contributed by atoms with Gasteiger partial charge in [-0.1, -0.05) is 43.3 Å². The number of hydrogen-bond acceptors (Lipinski definition) is 3. The van der Waals surface area contributed by atoms with E-state index < -0.39 is 23.1 Å². The van der Waals surface area contributed by atoms with E-state index in [4.69, 9.17) is 0 Å². The SMILES string of the molecule is CCc1ccccc1-c1ccc(NC(=O)C2(c3ccc(O)c(O)c3)CC2)cc1C(F)(F)F. The molecule has 4 rings (SSSR count). The van der Waals surface area contributed by atoms with E-state index >= 15 is 0 Å². The monoisotopic (exact) mass is 441 g/mol. The van der Waals surface area contributed by atoms with Crippen molar-refractivity contribution >= 4 is 11.6 Å². The molecule has 0 aromatic heterocycles. The van der Waals surface area contributed by atoms with Gasteiger partial charge in [-0.05, 0) is 65.8 Å². The molecule has 1 amide bonds. The predicted octanol–water partition coefficient (Wildman–Crippen LogP) is 6.02. The Morgan fingerprint density at radius 3 is 2.31 bits per heavy atom. The summed E-state index contributed by atoms with van der Waals surface area (Å²) in [6.45, 7) is 1.89. The van der Waals surface area contributed by atoms with Gasteiger partial charge in [-0.25, -0.2) is 0 Å². The van der Waals surface area contributed by atoms with Gasteiger partial charge in [-0.2, -0.15) is 13.2 Å². The van der Waals surface area contributed by atoms with E-state index in [1.54, 1.807) is 24.3 Å². The fourth-order valence-electron chi connectivity index (χ4n) is 4.03. The second kappa shape index (κ2) is 7.89. The van der Waals surface area contributed by atoms with Crippen LogP contribution in [0.3, 0.4) is 0 Å². The van der Waals surface area contributed by atoms with E-state index in [0.29, 0.717) is 30.4 Å². The quantitative estimate of drug-likeness (QED) is 0.424. The Morgan fingerprint density at radius 2 is 1.69 bits per heavy atom. The first kappa shape index (κ1) is 21.7. The first-order valence-electron chi connectivity index (χ1n) is 10.3. The number of anilines is 1. The molecule has 0 heterocycles. The third-order valence-corrected chi connectivity index (χ3v) is 5.98. The summed E-state index contributed by atoms with van der Waals surface area (Å²) >= 11 is 0. The number of carbonyl (C=O) groups is 1. The highest BCUT2D eigenvalue weighted by Gasteiger charge is 2.51. The maximum Gasteiger partial charge on any atom is 0.417 e. The lowest BCUT2D eigenvalue weighted by Crippen LogP contribution is -2.28. The van der Waals surface area contributed by atoms with Crippen molar-refractivity contribution in [3.63, 3.8) is 0 Å². The lowest BCUT2D eigenvalue weighted by atomic mass is 9.92. The number of carbonyl (C=O) groups excluding carboxylic acids is 1. The molecule has 0 spiro atoms. The van der Waals surface area contributed by atoms with E-state index in [2.05, 4.69) is 5.32 Å². The standard InChI is InChI=1S/C25H22F3NO3/c1-2-15-5-3-4-6-18(15)19-9-8-17(14-20(19)25(26,27)28)29-23(32)24(11-12-24)16-7-10-21(30)22(31)13-16/h3-10,13-14,30-31H,2,11-12H2,1H3,(H,29,32).